The van der Waals surface area contributed by atoms with E-state index in [4.69, 9.17) is 9.47 Å². The fraction of sp³-hybridized carbons (Fsp3) is 0.235. The van der Waals surface area contributed by atoms with E-state index in [-0.39, 0.29) is 12.7 Å². The van der Waals surface area contributed by atoms with Gasteiger partial charge in [-0.25, -0.2) is 0 Å². The van der Waals surface area contributed by atoms with Gasteiger partial charge < -0.3 is 14.8 Å². The van der Waals surface area contributed by atoms with Gasteiger partial charge in [-0.1, -0.05) is 24.3 Å². The van der Waals surface area contributed by atoms with Crippen molar-refractivity contribution >= 4 is 5.91 Å². The Balaban J connectivity index is 1.57. The topological polar surface area (TPSA) is 47.6 Å². The van der Waals surface area contributed by atoms with Crippen LogP contribution in [0.1, 0.15) is 21.5 Å². The van der Waals surface area contributed by atoms with E-state index in [0.29, 0.717) is 6.54 Å². The fourth-order valence-electron chi connectivity index (χ4n) is 2.34. The second-order valence-electron chi connectivity index (χ2n) is 5.01. The molecule has 21 heavy (non-hydrogen) atoms. The third-order valence-electron chi connectivity index (χ3n) is 3.53. The number of benzene rings is 2. The van der Waals surface area contributed by atoms with Crippen molar-refractivity contribution in [3.8, 4) is 11.5 Å². The van der Waals surface area contributed by atoms with Gasteiger partial charge in [0.05, 0.1) is 0 Å². The van der Waals surface area contributed by atoms with Gasteiger partial charge in [-0.15, -0.1) is 0 Å². The highest BCUT2D eigenvalue weighted by Crippen LogP contribution is 2.32. The van der Waals surface area contributed by atoms with Crippen molar-refractivity contribution in [2.24, 2.45) is 0 Å². The van der Waals surface area contributed by atoms with Crippen molar-refractivity contribution in [2.75, 3.05) is 13.3 Å². The first-order chi connectivity index (χ1) is 10.2. The Bertz CT molecular complexity index is 667. The Morgan fingerprint density at radius 1 is 1.14 bits per heavy atom. The van der Waals surface area contributed by atoms with Gasteiger partial charge in [-0.3, -0.25) is 4.79 Å². The average Bonchev–Trinajstić information content (AvgIpc) is 2.95. The first-order valence-corrected chi connectivity index (χ1v) is 6.96. The number of hydrogen-bond acceptors (Lipinski definition) is 3. The largest absolute Gasteiger partial charge is 0.454 e. The van der Waals surface area contributed by atoms with E-state index in [1.54, 1.807) is 0 Å². The van der Waals surface area contributed by atoms with Gasteiger partial charge >= 0.3 is 0 Å². The quantitative estimate of drug-likeness (QED) is 0.938. The summed E-state index contributed by atoms with van der Waals surface area (Å²) in [5, 5.41) is 2.94. The average molecular weight is 283 g/mol. The summed E-state index contributed by atoms with van der Waals surface area (Å²) >= 11 is 0. The summed E-state index contributed by atoms with van der Waals surface area (Å²) in [5.41, 5.74) is 2.82. The Labute approximate surface area is 123 Å². The van der Waals surface area contributed by atoms with Crippen molar-refractivity contribution in [3.05, 3.63) is 59.2 Å². The zero-order chi connectivity index (χ0) is 14.7. The maximum absolute atomic E-state index is 12.1. The monoisotopic (exact) mass is 283 g/mol. The lowest BCUT2D eigenvalue weighted by Gasteiger charge is -2.08. The van der Waals surface area contributed by atoms with Crippen molar-refractivity contribution in [3.63, 3.8) is 0 Å². The molecule has 1 aliphatic rings. The minimum Gasteiger partial charge on any atom is -0.454 e. The molecular weight excluding hydrogens is 266 g/mol. The smallest absolute Gasteiger partial charge is 0.251 e. The summed E-state index contributed by atoms with van der Waals surface area (Å²) in [6, 6.07) is 13.4. The van der Waals surface area contributed by atoms with Gasteiger partial charge in [0, 0.05) is 12.1 Å². The van der Waals surface area contributed by atoms with E-state index in [0.717, 1.165) is 34.6 Å². The lowest BCUT2D eigenvalue weighted by atomic mass is 10.1. The first-order valence-electron chi connectivity index (χ1n) is 6.96. The number of carbonyl (C=O) groups is 1. The highest BCUT2D eigenvalue weighted by molar-refractivity contribution is 5.95. The molecule has 0 radical (unpaired) electrons. The van der Waals surface area contributed by atoms with Crippen LogP contribution in [-0.2, 0) is 6.42 Å². The molecule has 0 saturated heterocycles. The SMILES string of the molecule is Cc1ccccc1C(=O)NCCc1ccc2c(c1)OCO2. The van der Waals surface area contributed by atoms with Crippen LogP contribution in [0.15, 0.2) is 42.5 Å². The predicted molar refractivity (Wildman–Crippen MR) is 79.8 cm³/mol. The van der Waals surface area contributed by atoms with E-state index < -0.39 is 0 Å². The van der Waals surface area contributed by atoms with Crippen LogP contribution in [0.2, 0.25) is 0 Å². The molecule has 1 amide bonds. The molecule has 1 N–H and O–H groups in total. The van der Waals surface area contributed by atoms with E-state index in [2.05, 4.69) is 5.32 Å². The highest BCUT2D eigenvalue weighted by Gasteiger charge is 2.13. The maximum Gasteiger partial charge on any atom is 0.251 e. The van der Waals surface area contributed by atoms with E-state index in [9.17, 15) is 4.79 Å². The number of rotatable bonds is 4. The van der Waals surface area contributed by atoms with Crippen LogP contribution in [0, 0.1) is 6.92 Å². The third kappa shape index (κ3) is 2.99. The minimum atomic E-state index is -0.0335. The van der Waals surface area contributed by atoms with Crippen LogP contribution < -0.4 is 14.8 Å². The highest BCUT2D eigenvalue weighted by atomic mass is 16.7. The molecule has 0 unspecified atom stereocenters. The fourth-order valence-corrected chi connectivity index (χ4v) is 2.34. The maximum atomic E-state index is 12.1. The van der Waals surface area contributed by atoms with Crippen LogP contribution in [0.5, 0.6) is 11.5 Å². The Morgan fingerprint density at radius 2 is 1.95 bits per heavy atom. The molecule has 0 atom stereocenters. The lowest BCUT2D eigenvalue weighted by Crippen LogP contribution is -2.26. The van der Waals surface area contributed by atoms with E-state index in [1.165, 1.54) is 0 Å². The van der Waals surface area contributed by atoms with Gasteiger partial charge in [-0.2, -0.15) is 0 Å². The van der Waals surface area contributed by atoms with Crippen molar-refractivity contribution in [2.45, 2.75) is 13.3 Å². The number of fused-ring (bicyclic) bond motifs is 1. The van der Waals surface area contributed by atoms with Crippen molar-refractivity contribution in [1.82, 2.24) is 5.32 Å². The zero-order valence-corrected chi connectivity index (χ0v) is 11.9. The molecule has 4 heteroatoms. The Kier molecular flexibility index (Phi) is 3.77. The summed E-state index contributed by atoms with van der Waals surface area (Å²) in [6.45, 7) is 2.81. The number of nitrogens with one attached hydrogen (secondary N) is 1. The van der Waals surface area contributed by atoms with Gasteiger partial charge in [0.1, 0.15) is 0 Å². The summed E-state index contributed by atoms with van der Waals surface area (Å²) < 4.78 is 10.6. The zero-order valence-electron chi connectivity index (χ0n) is 11.9. The van der Waals surface area contributed by atoms with E-state index in [1.807, 2.05) is 49.4 Å². The van der Waals surface area contributed by atoms with Gasteiger partial charge in [0.25, 0.3) is 5.91 Å². The van der Waals surface area contributed by atoms with Gasteiger partial charge in [0.2, 0.25) is 6.79 Å². The Hall–Kier alpha value is -2.49. The summed E-state index contributed by atoms with van der Waals surface area (Å²) in [7, 11) is 0. The molecular formula is C17H17NO3. The summed E-state index contributed by atoms with van der Waals surface area (Å²) in [6.07, 6.45) is 0.758. The molecule has 2 aromatic rings. The molecule has 0 spiro atoms. The van der Waals surface area contributed by atoms with Crippen molar-refractivity contribution in [1.29, 1.82) is 0 Å². The van der Waals surface area contributed by atoms with Crippen LogP contribution in [-0.4, -0.2) is 19.2 Å². The molecule has 108 valence electrons. The normalized spacial score (nSPS) is 12.2. The van der Waals surface area contributed by atoms with E-state index >= 15 is 0 Å². The molecule has 0 aromatic heterocycles. The summed E-state index contributed by atoms with van der Waals surface area (Å²) in [5.74, 6) is 1.52. The summed E-state index contributed by atoms with van der Waals surface area (Å²) in [4.78, 5) is 12.1. The minimum absolute atomic E-state index is 0.0335. The van der Waals surface area contributed by atoms with Gasteiger partial charge in [-0.05, 0) is 42.7 Å². The standard InChI is InChI=1S/C17H17NO3/c1-12-4-2-3-5-14(12)17(19)18-9-8-13-6-7-15-16(10-13)21-11-20-15/h2-7,10H,8-9,11H2,1H3,(H,18,19). The molecule has 0 fully saturated rings. The molecule has 1 aliphatic heterocycles. The molecule has 2 aromatic carbocycles. The second kappa shape index (κ2) is 5.87. The second-order valence-corrected chi connectivity index (χ2v) is 5.01. The molecule has 0 saturated carbocycles. The number of hydrogen-bond donors (Lipinski definition) is 1. The number of carbonyl (C=O) groups excluding carboxylic acids is 1. The van der Waals surface area contributed by atoms with Crippen LogP contribution in [0.25, 0.3) is 0 Å². The molecule has 0 aliphatic carbocycles. The molecule has 1 heterocycles. The number of amides is 1. The van der Waals surface area contributed by atoms with Gasteiger partial charge in [0.15, 0.2) is 11.5 Å². The molecule has 4 nitrogen and oxygen atoms in total. The first kappa shape index (κ1) is 13.5. The van der Waals surface area contributed by atoms with Crippen molar-refractivity contribution < 1.29 is 14.3 Å². The third-order valence-corrected chi connectivity index (χ3v) is 3.53. The van der Waals surface area contributed by atoms with Crippen LogP contribution in [0.3, 0.4) is 0 Å². The molecule has 3 rings (SSSR count). The Morgan fingerprint density at radius 3 is 2.81 bits per heavy atom. The number of aryl methyl sites for hydroxylation is 1. The lowest BCUT2D eigenvalue weighted by molar-refractivity contribution is 0.0953. The van der Waals surface area contributed by atoms with Crippen LogP contribution >= 0.6 is 0 Å². The predicted octanol–water partition coefficient (Wildman–Crippen LogP) is 2.70. The number of ether oxygens (including phenoxy) is 2. The van der Waals surface area contributed by atoms with Crippen LogP contribution in [0.4, 0.5) is 0 Å². The molecule has 0 bridgehead atoms.